The van der Waals surface area contributed by atoms with Crippen LogP contribution in [-0.2, 0) is 16.0 Å². The fourth-order valence-electron chi connectivity index (χ4n) is 2.32. The van der Waals surface area contributed by atoms with Crippen LogP contribution < -0.4 is 15.4 Å². The van der Waals surface area contributed by atoms with Crippen molar-refractivity contribution in [3.63, 3.8) is 0 Å². The van der Waals surface area contributed by atoms with E-state index in [2.05, 4.69) is 10.6 Å². The van der Waals surface area contributed by atoms with Crippen molar-refractivity contribution in [2.75, 3.05) is 19.0 Å². The van der Waals surface area contributed by atoms with Gasteiger partial charge < -0.3 is 15.4 Å². The largest absolute Gasteiger partial charge is 0.497 e. The summed E-state index contributed by atoms with van der Waals surface area (Å²) in [6.45, 7) is 3.88. The summed E-state index contributed by atoms with van der Waals surface area (Å²) in [5.41, 5.74) is 3.75. The summed E-state index contributed by atoms with van der Waals surface area (Å²) in [6, 6.07) is 13.1. The van der Waals surface area contributed by atoms with Crippen molar-refractivity contribution < 1.29 is 14.3 Å². The minimum atomic E-state index is -0.245. The van der Waals surface area contributed by atoms with Crippen molar-refractivity contribution >= 4 is 17.5 Å². The first-order valence-corrected chi connectivity index (χ1v) is 7.74. The van der Waals surface area contributed by atoms with E-state index in [-0.39, 0.29) is 24.8 Å². The van der Waals surface area contributed by atoms with E-state index in [1.807, 2.05) is 44.2 Å². The third-order valence-electron chi connectivity index (χ3n) is 3.63. The van der Waals surface area contributed by atoms with E-state index in [0.29, 0.717) is 0 Å². The molecule has 2 N–H and O–H groups in total. The summed E-state index contributed by atoms with van der Waals surface area (Å²) in [5, 5.41) is 5.43. The van der Waals surface area contributed by atoms with Crippen LogP contribution in [0.2, 0.25) is 0 Å². The zero-order chi connectivity index (χ0) is 17.5. The van der Waals surface area contributed by atoms with Gasteiger partial charge in [0.15, 0.2) is 0 Å². The van der Waals surface area contributed by atoms with E-state index in [0.717, 1.165) is 28.1 Å². The number of carbonyl (C=O) groups excluding carboxylic acids is 2. The van der Waals surface area contributed by atoms with E-state index < -0.39 is 0 Å². The summed E-state index contributed by atoms with van der Waals surface area (Å²) >= 11 is 0. The van der Waals surface area contributed by atoms with Crippen LogP contribution in [-0.4, -0.2) is 25.5 Å². The summed E-state index contributed by atoms with van der Waals surface area (Å²) < 4.78 is 5.07. The fourth-order valence-corrected chi connectivity index (χ4v) is 2.32. The SMILES string of the molecule is COc1ccc(CC(=O)NCC(=O)Nc2ccc(C)cc2C)cc1. The molecule has 0 unspecified atom stereocenters. The Morgan fingerprint density at radius 1 is 1.00 bits per heavy atom. The fraction of sp³-hybridized carbons (Fsp3) is 0.263. The Morgan fingerprint density at radius 3 is 2.33 bits per heavy atom. The van der Waals surface area contributed by atoms with Crippen LogP contribution in [0.15, 0.2) is 42.5 Å². The number of nitrogens with one attached hydrogen (secondary N) is 2. The van der Waals surface area contributed by atoms with Gasteiger partial charge >= 0.3 is 0 Å². The topological polar surface area (TPSA) is 67.4 Å². The third-order valence-corrected chi connectivity index (χ3v) is 3.63. The number of hydrogen-bond donors (Lipinski definition) is 2. The molecule has 0 aliphatic rings. The lowest BCUT2D eigenvalue weighted by molar-refractivity contribution is -0.123. The van der Waals surface area contributed by atoms with E-state index >= 15 is 0 Å². The first kappa shape index (κ1) is 17.5. The number of methoxy groups -OCH3 is 1. The monoisotopic (exact) mass is 326 g/mol. The minimum absolute atomic E-state index is 0.0533. The molecular formula is C19H22N2O3. The molecule has 5 nitrogen and oxygen atoms in total. The van der Waals surface area contributed by atoms with Crippen molar-refractivity contribution in [2.45, 2.75) is 20.3 Å². The first-order valence-electron chi connectivity index (χ1n) is 7.74. The highest BCUT2D eigenvalue weighted by Crippen LogP contribution is 2.15. The zero-order valence-corrected chi connectivity index (χ0v) is 14.2. The number of carbonyl (C=O) groups is 2. The van der Waals surface area contributed by atoms with Gasteiger partial charge in [-0.1, -0.05) is 29.8 Å². The number of aryl methyl sites for hydroxylation is 2. The van der Waals surface area contributed by atoms with Crippen molar-refractivity contribution in [1.82, 2.24) is 5.32 Å². The Labute approximate surface area is 142 Å². The van der Waals surface area contributed by atoms with E-state index in [9.17, 15) is 9.59 Å². The van der Waals surface area contributed by atoms with Crippen molar-refractivity contribution in [3.8, 4) is 5.75 Å². The molecule has 0 aliphatic carbocycles. The molecule has 0 aliphatic heterocycles. The molecule has 2 rings (SSSR count). The maximum absolute atomic E-state index is 11.9. The molecule has 0 spiro atoms. The number of ether oxygens (including phenoxy) is 1. The lowest BCUT2D eigenvalue weighted by atomic mass is 10.1. The maximum atomic E-state index is 11.9. The van der Waals surface area contributed by atoms with Crippen molar-refractivity contribution in [3.05, 3.63) is 59.2 Å². The van der Waals surface area contributed by atoms with Crippen LogP contribution in [0, 0.1) is 13.8 Å². The summed E-state index contributed by atoms with van der Waals surface area (Å²) in [5.74, 6) is 0.299. The summed E-state index contributed by atoms with van der Waals surface area (Å²) in [4.78, 5) is 23.9. The van der Waals surface area contributed by atoms with Crippen LogP contribution in [0.4, 0.5) is 5.69 Å². The molecule has 2 aromatic rings. The van der Waals surface area contributed by atoms with Gasteiger partial charge in [-0.15, -0.1) is 0 Å². The molecule has 2 aromatic carbocycles. The second-order valence-electron chi connectivity index (χ2n) is 5.67. The molecule has 0 heterocycles. The quantitative estimate of drug-likeness (QED) is 0.857. The van der Waals surface area contributed by atoms with Crippen LogP contribution in [0.5, 0.6) is 5.75 Å². The lowest BCUT2D eigenvalue weighted by Crippen LogP contribution is -2.33. The molecule has 0 bridgehead atoms. The molecule has 2 amide bonds. The Hall–Kier alpha value is -2.82. The molecule has 0 saturated carbocycles. The lowest BCUT2D eigenvalue weighted by Gasteiger charge is -2.10. The predicted molar refractivity (Wildman–Crippen MR) is 94.3 cm³/mol. The van der Waals surface area contributed by atoms with Crippen molar-refractivity contribution in [1.29, 1.82) is 0 Å². The van der Waals surface area contributed by atoms with Crippen molar-refractivity contribution in [2.24, 2.45) is 0 Å². The van der Waals surface area contributed by atoms with Gasteiger partial charge in [0.2, 0.25) is 11.8 Å². The van der Waals surface area contributed by atoms with Crippen LogP contribution >= 0.6 is 0 Å². The van der Waals surface area contributed by atoms with E-state index in [1.165, 1.54) is 0 Å². The van der Waals surface area contributed by atoms with Crippen LogP contribution in [0.25, 0.3) is 0 Å². The summed E-state index contributed by atoms with van der Waals surface area (Å²) in [7, 11) is 1.59. The number of anilines is 1. The molecule has 24 heavy (non-hydrogen) atoms. The number of benzene rings is 2. The van der Waals surface area contributed by atoms with Gasteiger partial charge in [-0.25, -0.2) is 0 Å². The highest BCUT2D eigenvalue weighted by atomic mass is 16.5. The molecular weight excluding hydrogens is 304 g/mol. The second-order valence-corrected chi connectivity index (χ2v) is 5.67. The van der Waals surface area contributed by atoms with E-state index in [1.54, 1.807) is 19.2 Å². The Balaban J connectivity index is 1.81. The number of amides is 2. The molecule has 0 saturated heterocycles. The van der Waals surface area contributed by atoms with E-state index in [4.69, 9.17) is 4.74 Å². The van der Waals surface area contributed by atoms with Gasteiger partial charge in [-0.3, -0.25) is 9.59 Å². The van der Waals surface area contributed by atoms with Gasteiger partial charge in [0.05, 0.1) is 20.1 Å². The smallest absolute Gasteiger partial charge is 0.243 e. The predicted octanol–water partition coefficient (Wildman–Crippen LogP) is 2.61. The molecule has 5 heteroatoms. The van der Waals surface area contributed by atoms with Crippen LogP contribution in [0.1, 0.15) is 16.7 Å². The van der Waals surface area contributed by atoms with Crippen LogP contribution in [0.3, 0.4) is 0 Å². The van der Waals surface area contributed by atoms with Gasteiger partial charge in [-0.05, 0) is 43.2 Å². The zero-order valence-electron chi connectivity index (χ0n) is 14.2. The summed E-state index contributed by atoms with van der Waals surface area (Å²) in [6.07, 6.45) is 0.223. The van der Waals surface area contributed by atoms with Gasteiger partial charge in [0, 0.05) is 5.69 Å². The van der Waals surface area contributed by atoms with Gasteiger partial charge in [0.25, 0.3) is 0 Å². The molecule has 0 fully saturated rings. The second kappa shape index (κ2) is 8.15. The highest BCUT2D eigenvalue weighted by Gasteiger charge is 2.08. The molecule has 0 radical (unpaired) electrons. The van der Waals surface area contributed by atoms with Gasteiger partial charge in [0.1, 0.15) is 5.75 Å². The Kier molecular flexibility index (Phi) is 5.95. The highest BCUT2D eigenvalue weighted by molar-refractivity contribution is 5.95. The first-order chi connectivity index (χ1) is 11.5. The minimum Gasteiger partial charge on any atom is -0.497 e. The third kappa shape index (κ3) is 5.12. The maximum Gasteiger partial charge on any atom is 0.243 e. The Bertz CT molecular complexity index is 724. The Morgan fingerprint density at radius 2 is 1.71 bits per heavy atom. The molecule has 126 valence electrons. The average molecular weight is 326 g/mol. The number of rotatable bonds is 6. The molecule has 0 atom stereocenters. The normalized spacial score (nSPS) is 10.1. The average Bonchev–Trinajstić information content (AvgIpc) is 2.56. The standard InChI is InChI=1S/C19H22N2O3/c1-13-4-9-17(14(2)10-13)21-19(23)12-20-18(22)11-15-5-7-16(24-3)8-6-15/h4-10H,11-12H2,1-3H3,(H,20,22)(H,21,23). The van der Waals surface area contributed by atoms with Gasteiger partial charge in [-0.2, -0.15) is 0 Å². The molecule has 0 aromatic heterocycles. The number of hydrogen-bond acceptors (Lipinski definition) is 3.